The van der Waals surface area contributed by atoms with E-state index in [0.29, 0.717) is 12.5 Å². The SMILES string of the molecule is CC(NCCCC(N)=O)C1(c2ccccc2)CCC1. The summed E-state index contributed by atoms with van der Waals surface area (Å²) in [6.45, 7) is 3.12. The molecular weight excluding hydrogens is 236 g/mol. The molecule has 1 aliphatic rings. The molecule has 1 aliphatic carbocycles. The van der Waals surface area contributed by atoms with Gasteiger partial charge in [-0.2, -0.15) is 0 Å². The number of benzene rings is 1. The first kappa shape index (κ1) is 14.1. The van der Waals surface area contributed by atoms with Crippen molar-refractivity contribution in [1.82, 2.24) is 5.32 Å². The van der Waals surface area contributed by atoms with E-state index in [1.165, 1.54) is 24.8 Å². The molecule has 1 aromatic carbocycles. The Balaban J connectivity index is 1.92. The van der Waals surface area contributed by atoms with Crippen molar-refractivity contribution in [3.63, 3.8) is 0 Å². The minimum Gasteiger partial charge on any atom is -0.370 e. The topological polar surface area (TPSA) is 55.1 Å². The maximum atomic E-state index is 10.7. The lowest BCUT2D eigenvalue weighted by Crippen LogP contribution is -2.51. The molecule has 104 valence electrons. The Morgan fingerprint density at radius 1 is 1.37 bits per heavy atom. The molecule has 3 N–H and O–H groups in total. The lowest BCUT2D eigenvalue weighted by Gasteiger charge is -2.47. The summed E-state index contributed by atoms with van der Waals surface area (Å²) in [7, 11) is 0. The van der Waals surface area contributed by atoms with Crippen LogP contribution in [0.15, 0.2) is 30.3 Å². The van der Waals surface area contributed by atoms with Crippen LogP contribution in [-0.4, -0.2) is 18.5 Å². The van der Waals surface area contributed by atoms with E-state index in [9.17, 15) is 4.79 Å². The van der Waals surface area contributed by atoms with Gasteiger partial charge in [0, 0.05) is 17.9 Å². The normalized spacial score (nSPS) is 18.6. The van der Waals surface area contributed by atoms with Crippen molar-refractivity contribution in [3.05, 3.63) is 35.9 Å². The second-order valence-electron chi connectivity index (χ2n) is 5.62. The molecule has 1 fully saturated rings. The Bertz CT molecular complexity index is 412. The highest BCUT2D eigenvalue weighted by Gasteiger charge is 2.42. The molecular formula is C16H24N2O. The van der Waals surface area contributed by atoms with Crippen molar-refractivity contribution < 1.29 is 4.79 Å². The Morgan fingerprint density at radius 2 is 2.05 bits per heavy atom. The average molecular weight is 260 g/mol. The van der Waals surface area contributed by atoms with Gasteiger partial charge in [-0.25, -0.2) is 0 Å². The Hall–Kier alpha value is -1.35. The molecule has 1 amide bonds. The van der Waals surface area contributed by atoms with Gasteiger partial charge in [0.15, 0.2) is 0 Å². The minimum atomic E-state index is -0.212. The molecule has 0 aromatic heterocycles. The monoisotopic (exact) mass is 260 g/mol. The molecule has 0 bridgehead atoms. The number of nitrogens with two attached hydrogens (primary N) is 1. The number of amides is 1. The van der Waals surface area contributed by atoms with Crippen molar-refractivity contribution in [2.75, 3.05) is 6.54 Å². The third-order valence-corrected chi connectivity index (χ3v) is 4.47. The van der Waals surface area contributed by atoms with Crippen molar-refractivity contribution in [1.29, 1.82) is 0 Å². The summed E-state index contributed by atoms with van der Waals surface area (Å²) in [6.07, 6.45) is 5.10. The summed E-state index contributed by atoms with van der Waals surface area (Å²) in [6, 6.07) is 11.2. The summed E-state index contributed by atoms with van der Waals surface area (Å²) in [5.41, 5.74) is 6.88. The molecule has 2 rings (SSSR count). The van der Waals surface area contributed by atoms with Gasteiger partial charge in [-0.05, 0) is 38.3 Å². The van der Waals surface area contributed by atoms with Crippen LogP contribution in [0.4, 0.5) is 0 Å². The number of primary amides is 1. The van der Waals surface area contributed by atoms with Crippen LogP contribution in [-0.2, 0) is 10.2 Å². The van der Waals surface area contributed by atoms with Crippen molar-refractivity contribution in [3.8, 4) is 0 Å². The van der Waals surface area contributed by atoms with Crippen LogP contribution in [0.2, 0.25) is 0 Å². The molecule has 1 unspecified atom stereocenters. The maximum Gasteiger partial charge on any atom is 0.217 e. The zero-order valence-corrected chi connectivity index (χ0v) is 11.7. The van der Waals surface area contributed by atoms with Gasteiger partial charge in [-0.15, -0.1) is 0 Å². The van der Waals surface area contributed by atoms with E-state index in [-0.39, 0.29) is 11.3 Å². The molecule has 1 aromatic rings. The number of carbonyl (C=O) groups excluding carboxylic acids is 1. The quantitative estimate of drug-likeness (QED) is 0.739. The zero-order chi connectivity index (χ0) is 13.7. The van der Waals surface area contributed by atoms with Crippen molar-refractivity contribution >= 4 is 5.91 Å². The van der Waals surface area contributed by atoms with E-state index in [4.69, 9.17) is 5.73 Å². The van der Waals surface area contributed by atoms with E-state index in [0.717, 1.165) is 13.0 Å². The number of hydrogen-bond donors (Lipinski definition) is 2. The molecule has 0 radical (unpaired) electrons. The molecule has 0 heterocycles. The van der Waals surface area contributed by atoms with Crippen LogP contribution < -0.4 is 11.1 Å². The van der Waals surface area contributed by atoms with Crippen LogP contribution >= 0.6 is 0 Å². The van der Waals surface area contributed by atoms with Crippen LogP contribution in [0.5, 0.6) is 0 Å². The van der Waals surface area contributed by atoms with Gasteiger partial charge in [-0.3, -0.25) is 4.79 Å². The number of rotatable bonds is 7. The van der Waals surface area contributed by atoms with Gasteiger partial charge < -0.3 is 11.1 Å². The standard InChI is InChI=1S/C16H24N2O/c1-13(18-12-5-9-15(17)19)16(10-6-11-16)14-7-3-2-4-8-14/h2-4,7-8,13,18H,5-6,9-12H2,1H3,(H2,17,19). The lowest BCUT2D eigenvalue weighted by molar-refractivity contribution is -0.118. The summed E-state index contributed by atoms with van der Waals surface area (Å²) in [4.78, 5) is 10.7. The van der Waals surface area contributed by atoms with Crippen molar-refractivity contribution in [2.24, 2.45) is 5.73 Å². The second kappa shape index (κ2) is 6.20. The van der Waals surface area contributed by atoms with E-state index in [1.807, 2.05) is 0 Å². The number of nitrogens with one attached hydrogen (secondary N) is 1. The van der Waals surface area contributed by atoms with Crippen LogP contribution in [0, 0.1) is 0 Å². The number of hydrogen-bond acceptors (Lipinski definition) is 2. The largest absolute Gasteiger partial charge is 0.370 e. The van der Waals surface area contributed by atoms with Crippen LogP contribution in [0.1, 0.15) is 44.6 Å². The molecule has 19 heavy (non-hydrogen) atoms. The molecule has 0 aliphatic heterocycles. The van der Waals surface area contributed by atoms with Gasteiger partial charge in [0.1, 0.15) is 0 Å². The molecule has 0 spiro atoms. The Morgan fingerprint density at radius 3 is 2.58 bits per heavy atom. The first-order valence-electron chi connectivity index (χ1n) is 7.22. The maximum absolute atomic E-state index is 10.7. The fraction of sp³-hybridized carbons (Fsp3) is 0.562. The van der Waals surface area contributed by atoms with E-state index in [2.05, 4.69) is 42.6 Å². The van der Waals surface area contributed by atoms with E-state index < -0.39 is 0 Å². The fourth-order valence-electron chi connectivity index (χ4n) is 3.08. The second-order valence-corrected chi connectivity index (χ2v) is 5.62. The van der Waals surface area contributed by atoms with Gasteiger partial charge in [0.25, 0.3) is 0 Å². The minimum absolute atomic E-state index is 0.212. The first-order chi connectivity index (χ1) is 9.15. The molecule has 1 atom stereocenters. The highest BCUT2D eigenvalue weighted by Crippen LogP contribution is 2.46. The third kappa shape index (κ3) is 3.16. The molecule has 3 nitrogen and oxygen atoms in total. The highest BCUT2D eigenvalue weighted by molar-refractivity contribution is 5.73. The van der Waals surface area contributed by atoms with Crippen LogP contribution in [0.25, 0.3) is 0 Å². The Labute approximate surface area is 115 Å². The fourth-order valence-corrected chi connectivity index (χ4v) is 3.08. The third-order valence-electron chi connectivity index (χ3n) is 4.47. The van der Waals surface area contributed by atoms with Gasteiger partial charge in [0.2, 0.25) is 5.91 Å². The predicted molar refractivity (Wildman–Crippen MR) is 77.9 cm³/mol. The van der Waals surface area contributed by atoms with Crippen molar-refractivity contribution in [2.45, 2.75) is 50.5 Å². The van der Waals surface area contributed by atoms with E-state index >= 15 is 0 Å². The summed E-state index contributed by atoms with van der Waals surface area (Å²) in [5.74, 6) is -0.212. The highest BCUT2D eigenvalue weighted by atomic mass is 16.1. The summed E-state index contributed by atoms with van der Waals surface area (Å²) in [5, 5.41) is 3.57. The van der Waals surface area contributed by atoms with E-state index in [1.54, 1.807) is 0 Å². The Kier molecular flexibility index (Phi) is 4.59. The molecule has 3 heteroatoms. The number of carbonyl (C=O) groups is 1. The lowest BCUT2D eigenvalue weighted by atomic mass is 9.60. The first-order valence-corrected chi connectivity index (χ1v) is 7.22. The summed E-state index contributed by atoms with van der Waals surface area (Å²) >= 11 is 0. The van der Waals surface area contributed by atoms with Crippen LogP contribution in [0.3, 0.4) is 0 Å². The molecule has 1 saturated carbocycles. The van der Waals surface area contributed by atoms with Gasteiger partial charge in [0.05, 0.1) is 0 Å². The summed E-state index contributed by atoms with van der Waals surface area (Å²) < 4.78 is 0. The van der Waals surface area contributed by atoms with Gasteiger partial charge in [-0.1, -0.05) is 36.8 Å². The average Bonchev–Trinajstić information content (AvgIpc) is 2.34. The molecule has 0 saturated heterocycles. The smallest absolute Gasteiger partial charge is 0.217 e. The van der Waals surface area contributed by atoms with Gasteiger partial charge >= 0.3 is 0 Å². The zero-order valence-electron chi connectivity index (χ0n) is 11.7. The predicted octanol–water partition coefficient (Wildman–Crippen LogP) is 2.35.